The van der Waals surface area contributed by atoms with Crippen LogP contribution in [-0.2, 0) is 4.79 Å². The van der Waals surface area contributed by atoms with Crippen LogP contribution in [0.3, 0.4) is 0 Å². The summed E-state index contributed by atoms with van der Waals surface area (Å²) in [6.45, 7) is 6.97. The zero-order valence-electron chi connectivity index (χ0n) is 9.63. The molecule has 0 aromatic rings. The number of carbonyl (C=O) groups excluding carboxylic acids is 1. The van der Waals surface area contributed by atoms with Crippen LogP contribution in [0.5, 0.6) is 0 Å². The van der Waals surface area contributed by atoms with E-state index in [1.54, 1.807) is 11.9 Å². The van der Waals surface area contributed by atoms with Crippen LogP contribution in [0.4, 0.5) is 0 Å². The average molecular weight is 224 g/mol. The van der Waals surface area contributed by atoms with Gasteiger partial charge in [-0.2, -0.15) is 0 Å². The van der Waals surface area contributed by atoms with Crippen molar-refractivity contribution in [3.05, 3.63) is 11.3 Å². The van der Waals surface area contributed by atoms with Gasteiger partial charge in [-0.25, -0.2) is 0 Å². The fraction of sp³-hybridized carbons (Fsp3) is 0.636. The second-order valence-corrected chi connectivity index (χ2v) is 5.17. The molecule has 0 aromatic carbocycles. The van der Waals surface area contributed by atoms with Gasteiger partial charge in [-0.05, 0) is 39.4 Å². The molecular weight excluding hydrogens is 208 g/mol. The first kappa shape index (κ1) is 10.6. The molecule has 0 atom stereocenters. The number of hydrogen-bond donors (Lipinski definition) is 0. The van der Waals surface area contributed by atoms with Gasteiger partial charge in [0, 0.05) is 19.3 Å². The number of nitrogens with zero attached hydrogens (tertiary/aromatic N) is 2. The number of amides is 1. The summed E-state index contributed by atoms with van der Waals surface area (Å²) in [5.41, 5.74) is 1.98. The Bertz CT molecular complexity index is 384. The van der Waals surface area contributed by atoms with Gasteiger partial charge in [0.1, 0.15) is 0 Å². The van der Waals surface area contributed by atoms with Gasteiger partial charge in [-0.3, -0.25) is 9.69 Å². The van der Waals surface area contributed by atoms with Gasteiger partial charge in [-0.15, -0.1) is 0 Å². The standard InChI is InChI=1S/C11H16N2OS/c1-7-5-6-13-8(7)11(2,3)9(14)12(4)10(13)15/h5-6H2,1-4H3. The molecule has 4 heteroatoms. The zero-order valence-corrected chi connectivity index (χ0v) is 10.4. The van der Waals surface area contributed by atoms with Gasteiger partial charge >= 0.3 is 0 Å². The first-order chi connectivity index (χ1) is 6.87. The largest absolute Gasteiger partial charge is 0.321 e. The molecular formula is C11H16N2OS. The Labute approximate surface area is 95.7 Å². The van der Waals surface area contributed by atoms with Crippen LogP contribution in [0.25, 0.3) is 0 Å². The molecule has 1 amide bonds. The first-order valence-corrected chi connectivity index (χ1v) is 5.58. The van der Waals surface area contributed by atoms with E-state index in [2.05, 4.69) is 11.8 Å². The highest BCUT2D eigenvalue weighted by molar-refractivity contribution is 7.80. The molecule has 3 nitrogen and oxygen atoms in total. The molecule has 1 fully saturated rings. The van der Waals surface area contributed by atoms with Gasteiger partial charge in [0.15, 0.2) is 5.11 Å². The molecule has 0 saturated carbocycles. The van der Waals surface area contributed by atoms with E-state index in [9.17, 15) is 4.79 Å². The SMILES string of the molecule is CC1=C2N(CC1)C(=S)N(C)C(=O)C2(C)C. The minimum absolute atomic E-state index is 0.0972. The lowest BCUT2D eigenvalue weighted by Crippen LogP contribution is -2.56. The minimum Gasteiger partial charge on any atom is -0.321 e. The summed E-state index contributed by atoms with van der Waals surface area (Å²) in [6.07, 6.45) is 1.01. The Morgan fingerprint density at radius 2 is 2.00 bits per heavy atom. The summed E-state index contributed by atoms with van der Waals surface area (Å²) in [4.78, 5) is 15.8. The molecule has 2 aliphatic heterocycles. The van der Waals surface area contributed by atoms with E-state index in [0.29, 0.717) is 5.11 Å². The lowest BCUT2D eigenvalue weighted by Gasteiger charge is -2.43. The highest BCUT2D eigenvalue weighted by Gasteiger charge is 2.47. The second kappa shape index (κ2) is 3.04. The Kier molecular flexibility index (Phi) is 2.15. The molecule has 82 valence electrons. The fourth-order valence-corrected chi connectivity index (χ4v) is 2.86. The van der Waals surface area contributed by atoms with Crippen LogP contribution in [0.1, 0.15) is 27.2 Å². The summed E-state index contributed by atoms with van der Waals surface area (Å²) in [5, 5.41) is 0.645. The highest BCUT2D eigenvalue weighted by atomic mass is 32.1. The third-order valence-electron chi connectivity index (χ3n) is 3.33. The predicted octanol–water partition coefficient (Wildman–Crippen LogP) is 1.75. The summed E-state index contributed by atoms with van der Waals surface area (Å²) in [6, 6.07) is 0. The third-order valence-corrected chi connectivity index (χ3v) is 3.83. The van der Waals surface area contributed by atoms with Crippen molar-refractivity contribution in [1.82, 2.24) is 9.80 Å². The lowest BCUT2D eigenvalue weighted by atomic mass is 9.84. The summed E-state index contributed by atoms with van der Waals surface area (Å²) in [5.74, 6) is 0.0972. The second-order valence-electron chi connectivity index (χ2n) is 4.80. The average Bonchev–Trinajstić information content (AvgIpc) is 2.55. The van der Waals surface area contributed by atoms with Gasteiger partial charge in [0.25, 0.3) is 0 Å². The van der Waals surface area contributed by atoms with Crippen molar-refractivity contribution < 1.29 is 4.79 Å². The van der Waals surface area contributed by atoms with Crippen molar-refractivity contribution in [2.45, 2.75) is 27.2 Å². The lowest BCUT2D eigenvalue weighted by molar-refractivity contribution is -0.135. The summed E-state index contributed by atoms with van der Waals surface area (Å²) in [7, 11) is 1.76. The maximum Gasteiger partial charge on any atom is 0.240 e. The molecule has 15 heavy (non-hydrogen) atoms. The van der Waals surface area contributed by atoms with E-state index in [0.717, 1.165) is 18.7 Å². The van der Waals surface area contributed by atoms with Crippen LogP contribution in [0.2, 0.25) is 0 Å². The van der Waals surface area contributed by atoms with Gasteiger partial charge in [0.05, 0.1) is 5.41 Å². The molecule has 0 spiro atoms. The smallest absolute Gasteiger partial charge is 0.240 e. The van der Waals surface area contributed by atoms with Crippen molar-refractivity contribution in [2.75, 3.05) is 13.6 Å². The van der Waals surface area contributed by atoms with Crippen molar-refractivity contribution in [3.63, 3.8) is 0 Å². The number of rotatable bonds is 0. The van der Waals surface area contributed by atoms with Gasteiger partial charge < -0.3 is 4.90 Å². The summed E-state index contributed by atoms with van der Waals surface area (Å²) < 4.78 is 0. The molecule has 0 aliphatic carbocycles. The molecule has 2 heterocycles. The molecule has 0 N–H and O–H groups in total. The van der Waals surface area contributed by atoms with Crippen molar-refractivity contribution in [2.24, 2.45) is 5.41 Å². The molecule has 0 radical (unpaired) electrons. The molecule has 2 rings (SSSR count). The zero-order chi connectivity index (χ0) is 11.4. The van der Waals surface area contributed by atoms with E-state index in [1.165, 1.54) is 5.57 Å². The number of fused-ring (bicyclic) bond motifs is 1. The van der Waals surface area contributed by atoms with Gasteiger partial charge in [-0.1, -0.05) is 5.57 Å². The Balaban J connectivity index is 2.55. The van der Waals surface area contributed by atoms with E-state index >= 15 is 0 Å². The summed E-state index contributed by atoms with van der Waals surface area (Å²) >= 11 is 5.30. The van der Waals surface area contributed by atoms with E-state index in [-0.39, 0.29) is 5.91 Å². The first-order valence-electron chi connectivity index (χ1n) is 5.17. The van der Waals surface area contributed by atoms with E-state index in [1.807, 2.05) is 13.8 Å². The minimum atomic E-state index is -0.433. The third kappa shape index (κ3) is 1.24. The number of hydrogen-bond acceptors (Lipinski definition) is 2. The van der Waals surface area contributed by atoms with Crippen LogP contribution >= 0.6 is 12.2 Å². The topological polar surface area (TPSA) is 23.6 Å². The molecule has 2 aliphatic rings. The Hall–Kier alpha value is -0.900. The van der Waals surface area contributed by atoms with E-state index in [4.69, 9.17) is 12.2 Å². The Morgan fingerprint density at radius 1 is 1.40 bits per heavy atom. The highest BCUT2D eigenvalue weighted by Crippen LogP contribution is 2.42. The van der Waals surface area contributed by atoms with E-state index < -0.39 is 5.41 Å². The quantitative estimate of drug-likeness (QED) is 0.586. The maximum absolute atomic E-state index is 12.1. The number of carbonyl (C=O) groups is 1. The molecule has 0 bridgehead atoms. The van der Waals surface area contributed by atoms with Crippen molar-refractivity contribution in [3.8, 4) is 0 Å². The predicted molar refractivity (Wildman–Crippen MR) is 63.2 cm³/mol. The Morgan fingerprint density at radius 3 is 2.60 bits per heavy atom. The monoisotopic (exact) mass is 224 g/mol. The normalized spacial score (nSPS) is 25.1. The van der Waals surface area contributed by atoms with Gasteiger partial charge in [0.2, 0.25) is 5.91 Å². The molecule has 1 saturated heterocycles. The maximum atomic E-state index is 12.1. The fourth-order valence-electron chi connectivity index (χ4n) is 2.59. The van der Waals surface area contributed by atoms with Crippen molar-refractivity contribution in [1.29, 1.82) is 0 Å². The van der Waals surface area contributed by atoms with Crippen LogP contribution in [0, 0.1) is 5.41 Å². The molecule has 0 unspecified atom stereocenters. The van der Waals surface area contributed by atoms with Crippen LogP contribution in [0.15, 0.2) is 11.3 Å². The van der Waals surface area contributed by atoms with Crippen molar-refractivity contribution >= 4 is 23.2 Å². The molecule has 0 aromatic heterocycles. The van der Waals surface area contributed by atoms with Crippen LogP contribution < -0.4 is 0 Å². The van der Waals surface area contributed by atoms with Crippen LogP contribution in [-0.4, -0.2) is 34.4 Å². The number of thiocarbonyl (C=S) groups is 1.